The summed E-state index contributed by atoms with van der Waals surface area (Å²) in [5, 5.41) is 16.4. The number of likely N-dealkylation sites (tertiary alicyclic amines) is 1. The first kappa shape index (κ1) is 20.4. The van der Waals surface area contributed by atoms with Crippen LogP contribution in [-0.4, -0.2) is 56.7 Å². The molecular weight excluding hydrogens is 360 g/mol. The molecule has 1 unspecified atom stereocenters. The number of hydrogen-bond acceptors (Lipinski definition) is 4. The molecule has 8 nitrogen and oxygen atoms in total. The summed E-state index contributed by atoms with van der Waals surface area (Å²) in [6.45, 7) is 4.89. The lowest BCUT2D eigenvalue weighted by atomic mass is 10.0. The van der Waals surface area contributed by atoms with E-state index in [9.17, 15) is 19.5 Å². The Labute approximate surface area is 165 Å². The predicted molar refractivity (Wildman–Crippen MR) is 103 cm³/mol. The van der Waals surface area contributed by atoms with Crippen molar-refractivity contribution in [1.82, 2.24) is 20.0 Å². The number of piperidine rings is 1. The summed E-state index contributed by atoms with van der Waals surface area (Å²) in [4.78, 5) is 37.8. The largest absolute Gasteiger partial charge is 0.478 e. The van der Waals surface area contributed by atoms with Gasteiger partial charge in [0.2, 0.25) is 11.8 Å². The van der Waals surface area contributed by atoms with Crippen molar-refractivity contribution in [3.05, 3.63) is 17.5 Å². The molecule has 1 atom stereocenters. The Hall–Kier alpha value is -2.38. The highest BCUT2D eigenvalue weighted by atomic mass is 16.4. The highest BCUT2D eigenvalue weighted by molar-refractivity contribution is 5.88. The van der Waals surface area contributed by atoms with Crippen LogP contribution in [0.1, 0.15) is 74.0 Å². The maximum absolute atomic E-state index is 12.6. The van der Waals surface area contributed by atoms with E-state index in [4.69, 9.17) is 0 Å². The van der Waals surface area contributed by atoms with E-state index in [1.165, 1.54) is 6.20 Å². The first-order valence-corrected chi connectivity index (χ1v) is 10.2. The molecule has 1 aromatic heterocycles. The third-order valence-electron chi connectivity index (χ3n) is 6.03. The van der Waals surface area contributed by atoms with Crippen molar-refractivity contribution in [1.29, 1.82) is 0 Å². The van der Waals surface area contributed by atoms with Crippen molar-refractivity contribution in [2.45, 2.75) is 70.9 Å². The quantitative estimate of drug-likeness (QED) is 0.774. The monoisotopic (exact) mass is 390 g/mol. The van der Waals surface area contributed by atoms with Gasteiger partial charge in [0.05, 0.1) is 17.9 Å². The molecular formula is C20H30N4O4. The van der Waals surface area contributed by atoms with Crippen molar-refractivity contribution >= 4 is 17.8 Å². The lowest BCUT2D eigenvalue weighted by Crippen LogP contribution is -2.44. The van der Waals surface area contributed by atoms with Gasteiger partial charge in [0, 0.05) is 31.5 Å². The summed E-state index contributed by atoms with van der Waals surface area (Å²) in [5.74, 6) is -0.715. The van der Waals surface area contributed by atoms with E-state index in [1.54, 1.807) is 11.6 Å². The molecule has 28 heavy (non-hydrogen) atoms. The number of amides is 2. The predicted octanol–water partition coefficient (Wildman–Crippen LogP) is 2.14. The molecule has 1 saturated carbocycles. The number of carbonyl (C=O) groups is 3. The van der Waals surface area contributed by atoms with Crippen molar-refractivity contribution in [2.24, 2.45) is 5.92 Å². The Bertz CT molecular complexity index is 731. The Morgan fingerprint density at radius 3 is 2.43 bits per heavy atom. The summed E-state index contributed by atoms with van der Waals surface area (Å²) >= 11 is 0. The molecule has 0 bridgehead atoms. The Kier molecular flexibility index (Phi) is 6.36. The minimum Gasteiger partial charge on any atom is -0.478 e. The minimum absolute atomic E-state index is 0.0566. The van der Waals surface area contributed by atoms with Gasteiger partial charge in [-0.1, -0.05) is 12.8 Å². The van der Waals surface area contributed by atoms with E-state index >= 15 is 0 Å². The maximum Gasteiger partial charge on any atom is 0.339 e. The van der Waals surface area contributed by atoms with E-state index < -0.39 is 5.97 Å². The first-order valence-electron chi connectivity index (χ1n) is 10.2. The fraction of sp³-hybridized carbons (Fsp3) is 0.700. The molecule has 1 aliphatic heterocycles. The minimum atomic E-state index is -0.968. The van der Waals surface area contributed by atoms with E-state index in [1.807, 2.05) is 11.8 Å². The van der Waals surface area contributed by atoms with Gasteiger partial charge in [-0.15, -0.1) is 0 Å². The summed E-state index contributed by atoms with van der Waals surface area (Å²) in [6, 6.07) is -0.0542. The SMILES string of the molecule is Cc1c(C(=O)O)cnn1C1CCN(C(=O)CC(C)NC(=O)C2CCCC2)CC1. The van der Waals surface area contributed by atoms with Gasteiger partial charge in [-0.25, -0.2) is 4.79 Å². The molecule has 1 saturated heterocycles. The smallest absolute Gasteiger partial charge is 0.339 e. The van der Waals surface area contributed by atoms with Crippen LogP contribution in [0, 0.1) is 12.8 Å². The summed E-state index contributed by atoms with van der Waals surface area (Å²) < 4.78 is 1.77. The van der Waals surface area contributed by atoms with Gasteiger partial charge in [-0.2, -0.15) is 5.10 Å². The topological polar surface area (TPSA) is 105 Å². The van der Waals surface area contributed by atoms with Gasteiger partial charge in [0.25, 0.3) is 0 Å². The number of carbonyl (C=O) groups excluding carboxylic acids is 2. The third kappa shape index (κ3) is 4.54. The molecule has 154 valence electrons. The number of carboxylic acid groups (broad SMARTS) is 1. The molecule has 1 aliphatic carbocycles. The highest BCUT2D eigenvalue weighted by Crippen LogP contribution is 2.26. The molecule has 2 aliphatic rings. The molecule has 0 radical (unpaired) electrons. The first-order chi connectivity index (χ1) is 13.4. The number of rotatable bonds is 6. The van der Waals surface area contributed by atoms with E-state index in [0.29, 0.717) is 25.2 Å². The normalized spacial score (nSPS) is 19.6. The van der Waals surface area contributed by atoms with E-state index in [0.717, 1.165) is 38.5 Å². The van der Waals surface area contributed by atoms with E-state index in [-0.39, 0.29) is 35.4 Å². The van der Waals surface area contributed by atoms with Crippen LogP contribution in [0.4, 0.5) is 0 Å². The second kappa shape index (κ2) is 8.75. The Balaban J connectivity index is 1.47. The van der Waals surface area contributed by atoms with Gasteiger partial charge < -0.3 is 15.3 Å². The second-order valence-corrected chi connectivity index (χ2v) is 8.10. The van der Waals surface area contributed by atoms with E-state index in [2.05, 4.69) is 10.4 Å². The zero-order valence-corrected chi connectivity index (χ0v) is 16.7. The molecule has 2 amide bonds. The zero-order valence-electron chi connectivity index (χ0n) is 16.7. The van der Waals surface area contributed by atoms with Crippen LogP contribution >= 0.6 is 0 Å². The van der Waals surface area contributed by atoms with Gasteiger partial charge in [-0.3, -0.25) is 14.3 Å². The summed E-state index contributed by atoms with van der Waals surface area (Å²) in [7, 11) is 0. The Morgan fingerprint density at radius 2 is 1.86 bits per heavy atom. The number of nitrogens with one attached hydrogen (secondary N) is 1. The van der Waals surface area contributed by atoms with Gasteiger partial charge in [0.15, 0.2) is 0 Å². The van der Waals surface area contributed by atoms with Gasteiger partial charge in [0.1, 0.15) is 5.56 Å². The van der Waals surface area contributed by atoms with Crippen LogP contribution in [-0.2, 0) is 9.59 Å². The fourth-order valence-electron chi connectivity index (χ4n) is 4.35. The standard InChI is InChI=1S/C20H30N4O4/c1-13(22-19(26)15-5-3-4-6-15)11-18(25)23-9-7-16(8-10-23)24-14(2)17(12-21-24)20(27)28/h12-13,15-16H,3-11H2,1-2H3,(H,22,26)(H,27,28). The van der Waals surface area contributed by atoms with Crippen LogP contribution in [0.15, 0.2) is 6.20 Å². The van der Waals surface area contributed by atoms with Crippen molar-refractivity contribution < 1.29 is 19.5 Å². The van der Waals surface area contributed by atoms with Crippen LogP contribution in [0.25, 0.3) is 0 Å². The number of nitrogens with zero attached hydrogens (tertiary/aromatic N) is 3. The molecule has 2 N–H and O–H groups in total. The average molecular weight is 390 g/mol. The van der Waals surface area contributed by atoms with Crippen LogP contribution in [0.2, 0.25) is 0 Å². The lowest BCUT2D eigenvalue weighted by Gasteiger charge is -2.33. The number of hydrogen-bond donors (Lipinski definition) is 2. The van der Waals surface area contributed by atoms with Crippen molar-refractivity contribution in [2.75, 3.05) is 13.1 Å². The zero-order chi connectivity index (χ0) is 20.3. The number of aromatic nitrogens is 2. The fourth-order valence-corrected chi connectivity index (χ4v) is 4.35. The van der Waals surface area contributed by atoms with Crippen molar-refractivity contribution in [3.8, 4) is 0 Å². The second-order valence-electron chi connectivity index (χ2n) is 8.10. The van der Waals surface area contributed by atoms with Crippen LogP contribution in [0.5, 0.6) is 0 Å². The molecule has 2 heterocycles. The third-order valence-corrected chi connectivity index (χ3v) is 6.03. The summed E-state index contributed by atoms with van der Waals surface area (Å²) in [5.41, 5.74) is 0.880. The maximum atomic E-state index is 12.6. The molecule has 0 spiro atoms. The molecule has 1 aromatic rings. The van der Waals surface area contributed by atoms with Crippen LogP contribution < -0.4 is 5.32 Å². The number of carboxylic acids is 1. The van der Waals surface area contributed by atoms with Gasteiger partial charge >= 0.3 is 5.97 Å². The van der Waals surface area contributed by atoms with Crippen LogP contribution in [0.3, 0.4) is 0 Å². The lowest BCUT2D eigenvalue weighted by molar-refractivity contribution is -0.133. The molecule has 0 aromatic carbocycles. The highest BCUT2D eigenvalue weighted by Gasteiger charge is 2.28. The number of aromatic carboxylic acids is 1. The van der Waals surface area contributed by atoms with Crippen molar-refractivity contribution in [3.63, 3.8) is 0 Å². The Morgan fingerprint density at radius 1 is 1.21 bits per heavy atom. The van der Waals surface area contributed by atoms with Gasteiger partial charge in [-0.05, 0) is 39.5 Å². The molecule has 2 fully saturated rings. The molecule has 8 heteroatoms. The molecule has 3 rings (SSSR count). The average Bonchev–Trinajstić information content (AvgIpc) is 3.31. The summed E-state index contributed by atoms with van der Waals surface area (Å²) in [6.07, 6.45) is 7.34.